The molecule has 2 aromatic rings. The number of aromatic nitrogens is 2. The van der Waals surface area contributed by atoms with Gasteiger partial charge in [-0.1, -0.05) is 56.1 Å². The van der Waals surface area contributed by atoms with Gasteiger partial charge < -0.3 is 15.8 Å². The van der Waals surface area contributed by atoms with Crippen LogP contribution in [0.2, 0.25) is 0 Å². The Morgan fingerprint density at radius 1 is 1.26 bits per heavy atom. The van der Waals surface area contributed by atoms with E-state index in [1.165, 1.54) is 11.3 Å². The van der Waals surface area contributed by atoms with E-state index < -0.39 is 0 Å². The molecule has 0 spiro atoms. The second kappa shape index (κ2) is 12.7. The molecule has 0 bridgehead atoms. The van der Waals surface area contributed by atoms with Gasteiger partial charge in [-0.25, -0.2) is 9.97 Å². The molecule has 10 heteroatoms. The molecular weight excluding hydrogens is 505 g/mol. The molecule has 2 aliphatic rings. The van der Waals surface area contributed by atoms with Gasteiger partial charge in [-0.15, -0.1) is 11.3 Å². The van der Waals surface area contributed by atoms with Crippen LogP contribution in [0.5, 0.6) is 0 Å². The number of hydrogen-bond acceptors (Lipinski definition) is 7. The smallest absolute Gasteiger partial charge is 0.261 e. The molecule has 2 aromatic heterocycles. The Morgan fingerprint density at radius 3 is 2.71 bits per heavy atom. The van der Waals surface area contributed by atoms with Crippen molar-refractivity contribution in [2.75, 3.05) is 31.9 Å². The number of halogens is 2. The van der Waals surface area contributed by atoms with Crippen molar-refractivity contribution in [1.82, 2.24) is 20.2 Å². The first-order chi connectivity index (χ1) is 16.9. The van der Waals surface area contributed by atoms with E-state index in [-0.39, 0.29) is 18.0 Å². The molecule has 7 nitrogen and oxygen atoms in total. The average Bonchev–Trinajstić information content (AvgIpc) is 3.49. The SMILES string of the molecule is CC.CCNC(=O)c1cc2c(C3=CC/C(OC4CCN(CC)C4)=C(/Cl)C/C=C\3Cl)nc(N)nc2s1. The normalized spacial score (nSPS) is 22.4. The van der Waals surface area contributed by atoms with Crippen LogP contribution in [0.25, 0.3) is 15.8 Å². The van der Waals surface area contributed by atoms with Crippen molar-refractivity contribution in [2.24, 2.45) is 0 Å². The van der Waals surface area contributed by atoms with Crippen LogP contribution in [0.1, 0.15) is 62.3 Å². The predicted molar refractivity (Wildman–Crippen MR) is 147 cm³/mol. The third kappa shape index (κ3) is 6.55. The first-order valence-corrected chi connectivity index (χ1v) is 13.6. The van der Waals surface area contributed by atoms with Crippen molar-refractivity contribution >= 4 is 62.2 Å². The molecule has 190 valence electrons. The number of rotatable bonds is 6. The Bertz CT molecular complexity index is 1160. The minimum Gasteiger partial charge on any atom is -0.492 e. The molecule has 0 saturated carbocycles. The second-order valence-electron chi connectivity index (χ2n) is 7.95. The Hall–Kier alpha value is -2.13. The molecule has 1 saturated heterocycles. The highest BCUT2D eigenvalue weighted by molar-refractivity contribution is 7.20. The molecule has 4 rings (SSSR count). The van der Waals surface area contributed by atoms with Gasteiger partial charge >= 0.3 is 0 Å². The highest BCUT2D eigenvalue weighted by Gasteiger charge is 2.25. The zero-order valence-electron chi connectivity index (χ0n) is 20.7. The summed E-state index contributed by atoms with van der Waals surface area (Å²) in [4.78, 5) is 24.7. The van der Waals surface area contributed by atoms with Gasteiger partial charge in [0.2, 0.25) is 5.95 Å². The summed E-state index contributed by atoms with van der Waals surface area (Å²) in [7, 11) is 0. The number of ether oxygens (including phenoxy) is 1. The first-order valence-electron chi connectivity index (χ1n) is 12.1. The lowest BCUT2D eigenvalue weighted by Crippen LogP contribution is -2.23. The zero-order chi connectivity index (χ0) is 25.5. The van der Waals surface area contributed by atoms with Gasteiger partial charge in [0.1, 0.15) is 16.7 Å². The van der Waals surface area contributed by atoms with Crippen LogP contribution in [-0.2, 0) is 4.74 Å². The number of anilines is 1. The maximum absolute atomic E-state index is 12.4. The molecule has 1 unspecified atom stereocenters. The van der Waals surface area contributed by atoms with Crippen molar-refractivity contribution in [3.63, 3.8) is 0 Å². The van der Waals surface area contributed by atoms with Crippen LogP contribution < -0.4 is 11.1 Å². The summed E-state index contributed by atoms with van der Waals surface area (Å²) in [6.45, 7) is 11.5. The summed E-state index contributed by atoms with van der Waals surface area (Å²) in [5.74, 6) is 0.732. The Labute approximate surface area is 221 Å². The number of carbonyl (C=O) groups is 1. The van der Waals surface area contributed by atoms with E-state index in [4.69, 9.17) is 33.7 Å². The van der Waals surface area contributed by atoms with E-state index >= 15 is 0 Å². The van der Waals surface area contributed by atoms with Gasteiger partial charge in [-0.2, -0.15) is 0 Å². The van der Waals surface area contributed by atoms with E-state index in [0.29, 0.717) is 44.9 Å². The number of carbonyl (C=O) groups excluding carboxylic acids is 1. The van der Waals surface area contributed by atoms with Gasteiger partial charge in [0.05, 0.1) is 15.6 Å². The number of likely N-dealkylation sites (N-methyl/N-ethyl adjacent to an activating group) is 1. The third-order valence-corrected chi connectivity index (χ3v) is 7.47. The number of nitrogens with two attached hydrogens (primary N) is 1. The van der Waals surface area contributed by atoms with Crippen molar-refractivity contribution in [2.45, 2.75) is 53.1 Å². The molecular formula is C25H33Cl2N5O2S. The van der Waals surface area contributed by atoms with E-state index in [9.17, 15) is 4.79 Å². The number of allylic oxidation sites excluding steroid dienone is 5. The number of nitrogens with zero attached hydrogens (tertiary/aromatic N) is 3. The predicted octanol–water partition coefficient (Wildman–Crippen LogP) is 5.91. The van der Waals surface area contributed by atoms with Crippen molar-refractivity contribution in [3.05, 3.63) is 44.6 Å². The number of nitrogens with one attached hydrogen (secondary N) is 1. The quantitative estimate of drug-likeness (QED) is 0.475. The van der Waals surface area contributed by atoms with Crippen LogP contribution in [-0.4, -0.2) is 53.1 Å². The second-order valence-corrected chi connectivity index (χ2v) is 9.84. The molecule has 1 aliphatic heterocycles. The highest BCUT2D eigenvalue weighted by atomic mass is 35.5. The third-order valence-electron chi connectivity index (χ3n) is 5.72. The number of nitrogen functional groups attached to an aromatic ring is 1. The first kappa shape index (κ1) is 27.5. The molecule has 0 aromatic carbocycles. The van der Waals surface area contributed by atoms with Gasteiger partial charge in [0, 0.05) is 48.5 Å². The fourth-order valence-corrected chi connectivity index (χ4v) is 5.41. The Balaban J connectivity index is 0.00000167. The van der Waals surface area contributed by atoms with E-state index in [1.807, 2.05) is 32.9 Å². The number of thiophene rings is 1. The van der Waals surface area contributed by atoms with Crippen molar-refractivity contribution < 1.29 is 9.53 Å². The van der Waals surface area contributed by atoms with Crippen molar-refractivity contribution in [1.29, 1.82) is 0 Å². The fourth-order valence-electron chi connectivity index (χ4n) is 4.01. The minimum absolute atomic E-state index is 0.127. The molecule has 35 heavy (non-hydrogen) atoms. The van der Waals surface area contributed by atoms with E-state index in [0.717, 1.165) is 42.8 Å². The van der Waals surface area contributed by atoms with Crippen LogP contribution in [0.4, 0.5) is 5.95 Å². The average molecular weight is 539 g/mol. The Kier molecular flexibility index (Phi) is 9.98. The lowest BCUT2D eigenvalue weighted by molar-refractivity contribution is 0.0960. The maximum atomic E-state index is 12.4. The highest BCUT2D eigenvalue weighted by Crippen LogP contribution is 2.37. The van der Waals surface area contributed by atoms with Gasteiger partial charge in [-0.3, -0.25) is 9.69 Å². The zero-order valence-corrected chi connectivity index (χ0v) is 23.0. The standard InChI is InChI=1S/C23H27Cl2N5O2S.C2H6/c1-3-27-21(31)19-11-15-20(28-23(26)29-22(15)33-19)14-5-8-18(17(25)7-6-16(14)24)32-13-9-10-30(4-2)12-13;1-2/h5-6,11,13H,3-4,7-10,12H2,1-2H3,(H,27,31)(H2,26,28,29);1-2H3/b14-5?,16-6+,18-17-;. The van der Waals surface area contributed by atoms with Gasteiger partial charge in [0.15, 0.2) is 0 Å². The lowest BCUT2D eigenvalue weighted by Gasteiger charge is -2.20. The summed E-state index contributed by atoms with van der Waals surface area (Å²) in [6, 6.07) is 1.79. The molecule has 1 aliphatic carbocycles. The van der Waals surface area contributed by atoms with E-state index in [1.54, 1.807) is 6.07 Å². The van der Waals surface area contributed by atoms with Gasteiger partial charge in [-0.05, 0) is 26.0 Å². The summed E-state index contributed by atoms with van der Waals surface area (Å²) in [5, 5.41) is 4.73. The number of fused-ring (bicyclic) bond motifs is 1. The summed E-state index contributed by atoms with van der Waals surface area (Å²) in [5.41, 5.74) is 7.33. The van der Waals surface area contributed by atoms with Crippen LogP contribution >= 0.6 is 34.5 Å². The molecule has 3 N–H and O–H groups in total. The van der Waals surface area contributed by atoms with Crippen molar-refractivity contribution in [3.8, 4) is 0 Å². The largest absolute Gasteiger partial charge is 0.492 e. The van der Waals surface area contributed by atoms with Gasteiger partial charge in [0.25, 0.3) is 5.91 Å². The molecule has 1 amide bonds. The van der Waals surface area contributed by atoms with E-state index in [2.05, 4.69) is 27.1 Å². The van der Waals surface area contributed by atoms with Crippen LogP contribution in [0, 0.1) is 0 Å². The van der Waals surface area contributed by atoms with Crippen LogP contribution in [0.3, 0.4) is 0 Å². The summed E-state index contributed by atoms with van der Waals surface area (Å²) in [6.07, 6.45) is 5.88. The maximum Gasteiger partial charge on any atom is 0.261 e. The summed E-state index contributed by atoms with van der Waals surface area (Å²) < 4.78 is 6.31. The fraction of sp³-hybridized carbons (Fsp3) is 0.480. The number of likely N-dealkylation sites (tertiary alicyclic amines) is 1. The monoisotopic (exact) mass is 537 g/mol. The molecule has 0 radical (unpaired) electrons. The molecule has 1 fully saturated rings. The number of amides is 1. The molecule has 3 heterocycles. The summed E-state index contributed by atoms with van der Waals surface area (Å²) >= 11 is 14.5. The topological polar surface area (TPSA) is 93.4 Å². The van der Waals surface area contributed by atoms with Crippen LogP contribution in [0.15, 0.2) is 34.0 Å². The lowest BCUT2D eigenvalue weighted by atomic mass is 10.0. The molecule has 1 atom stereocenters. The minimum atomic E-state index is -0.151. The Morgan fingerprint density at radius 2 is 2.03 bits per heavy atom. The number of hydrogen-bond donors (Lipinski definition) is 2.